The van der Waals surface area contributed by atoms with Gasteiger partial charge in [-0.25, -0.2) is 12.8 Å². The molecule has 1 N–H and O–H groups in total. The van der Waals surface area contributed by atoms with Gasteiger partial charge in [0, 0.05) is 29.1 Å². The maximum Gasteiger partial charge on any atom is 0.264 e. The Labute approximate surface area is 218 Å². The number of ether oxygens (including phenoxy) is 2. The molecular weight excluding hydrogens is 527 g/mol. The molecule has 3 aromatic carbocycles. The molecule has 0 aromatic heterocycles. The van der Waals surface area contributed by atoms with Crippen molar-refractivity contribution in [3.8, 4) is 11.5 Å². The first-order valence-electron chi connectivity index (χ1n) is 11.1. The van der Waals surface area contributed by atoms with Gasteiger partial charge in [-0.2, -0.15) is 11.8 Å². The second-order valence-corrected chi connectivity index (χ2v) is 11.2. The SMILES string of the molecule is O=C(CN(c1cccc(F)c1)S(=O)(=O)c1ccc2c(c1)OCCO2)NCCSCc1cccc(Cl)c1. The van der Waals surface area contributed by atoms with Crippen LogP contribution in [-0.2, 0) is 20.6 Å². The van der Waals surface area contributed by atoms with E-state index in [0.717, 1.165) is 21.7 Å². The van der Waals surface area contributed by atoms with Gasteiger partial charge in [0.15, 0.2) is 11.5 Å². The Hall–Kier alpha value is -2.95. The molecule has 3 aromatic rings. The molecule has 190 valence electrons. The van der Waals surface area contributed by atoms with Crippen LogP contribution in [0.15, 0.2) is 71.6 Å². The maximum atomic E-state index is 14.0. The van der Waals surface area contributed by atoms with E-state index in [-0.39, 0.29) is 10.6 Å². The molecule has 0 unspecified atom stereocenters. The van der Waals surface area contributed by atoms with Crippen molar-refractivity contribution in [3.05, 3.63) is 83.1 Å². The van der Waals surface area contributed by atoms with Crippen LogP contribution in [0.5, 0.6) is 11.5 Å². The number of fused-ring (bicyclic) bond motifs is 1. The summed E-state index contributed by atoms with van der Waals surface area (Å²) in [6.45, 7) is 0.484. The second kappa shape index (κ2) is 11.9. The Bertz CT molecular complexity index is 1340. The number of rotatable bonds is 10. The van der Waals surface area contributed by atoms with Crippen LogP contribution in [0.4, 0.5) is 10.1 Å². The van der Waals surface area contributed by atoms with Crippen molar-refractivity contribution in [2.75, 3.05) is 36.4 Å². The van der Waals surface area contributed by atoms with Crippen LogP contribution < -0.4 is 19.1 Å². The summed E-state index contributed by atoms with van der Waals surface area (Å²) < 4.78 is 52.9. The summed E-state index contributed by atoms with van der Waals surface area (Å²) in [6, 6.07) is 16.9. The minimum atomic E-state index is -4.22. The first-order valence-corrected chi connectivity index (χ1v) is 14.1. The topological polar surface area (TPSA) is 84.9 Å². The fourth-order valence-electron chi connectivity index (χ4n) is 3.52. The number of nitrogens with one attached hydrogen (secondary N) is 1. The quantitative estimate of drug-likeness (QED) is 0.374. The summed E-state index contributed by atoms with van der Waals surface area (Å²) in [5.74, 6) is 0.946. The second-order valence-electron chi connectivity index (χ2n) is 7.83. The van der Waals surface area contributed by atoms with Crippen LogP contribution >= 0.6 is 23.4 Å². The summed E-state index contributed by atoms with van der Waals surface area (Å²) in [5.41, 5.74) is 1.11. The van der Waals surface area contributed by atoms with Gasteiger partial charge in [0.25, 0.3) is 10.0 Å². The number of benzene rings is 3. The summed E-state index contributed by atoms with van der Waals surface area (Å²) in [4.78, 5) is 12.6. The highest BCUT2D eigenvalue weighted by Crippen LogP contribution is 2.34. The number of hydrogen-bond acceptors (Lipinski definition) is 6. The number of halogens is 2. The predicted molar refractivity (Wildman–Crippen MR) is 139 cm³/mol. The van der Waals surface area contributed by atoms with Gasteiger partial charge in [0.2, 0.25) is 5.91 Å². The fraction of sp³-hybridized carbons (Fsp3) is 0.240. The van der Waals surface area contributed by atoms with E-state index in [4.69, 9.17) is 21.1 Å². The van der Waals surface area contributed by atoms with Crippen molar-refractivity contribution in [2.24, 2.45) is 0 Å². The van der Waals surface area contributed by atoms with E-state index in [2.05, 4.69) is 5.32 Å². The van der Waals surface area contributed by atoms with Crippen molar-refractivity contribution in [1.29, 1.82) is 0 Å². The van der Waals surface area contributed by atoms with E-state index in [1.807, 2.05) is 18.2 Å². The molecule has 0 bridgehead atoms. The number of carbonyl (C=O) groups is 1. The minimum Gasteiger partial charge on any atom is -0.486 e. The van der Waals surface area contributed by atoms with Crippen molar-refractivity contribution in [1.82, 2.24) is 5.32 Å². The maximum absolute atomic E-state index is 14.0. The Morgan fingerprint density at radius 3 is 2.58 bits per heavy atom. The van der Waals surface area contributed by atoms with Crippen molar-refractivity contribution < 1.29 is 27.1 Å². The number of nitrogens with zero attached hydrogens (tertiary/aromatic N) is 1. The molecule has 0 aliphatic carbocycles. The molecule has 7 nitrogen and oxygen atoms in total. The fourth-order valence-corrected chi connectivity index (χ4v) is 5.97. The number of hydrogen-bond donors (Lipinski definition) is 1. The number of thioether (sulfide) groups is 1. The summed E-state index contributed by atoms with van der Waals surface area (Å²) in [5, 5.41) is 3.40. The molecule has 0 fully saturated rings. The monoisotopic (exact) mass is 550 g/mol. The molecule has 11 heteroatoms. The van der Waals surface area contributed by atoms with E-state index in [0.29, 0.717) is 42.0 Å². The lowest BCUT2D eigenvalue weighted by atomic mass is 10.2. The van der Waals surface area contributed by atoms with E-state index in [1.165, 1.54) is 36.4 Å². The van der Waals surface area contributed by atoms with Gasteiger partial charge in [-0.05, 0) is 48.0 Å². The Balaban J connectivity index is 1.44. The zero-order valence-electron chi connectivity index (χ0n) is 19.2. The third-order valence-electron chi connectivity index (χ3n) is 5.21. The van der Waals surface area contributed by atoms with Crippen molar-refractivity contribution in [2.45, 2.75) is 10.6 Å². The summed E-state index contributed by atoms with van der Waals surface area (Å²) in [7, 11) is -4.22. The highest BCUT2D eigenvalue weighted by Gasteiger charge is 2.29. The first kappa shape index (κ1) is 26.1. The average Bonchev–Trinajstić information content (AvgIpc) is 2.86. The van der Waals surface area contributed by atoms with Crippen LogP contribution in [0, 0.1) is 5.82 Å². The molecule has 36 heavy (non-hydrogen) atoms. The molecule has 1 heterocycles. The van der Waals surface area contributed by atoms with Gasteiger partial charge in [-0.15, -0.1) is 0 Å². The Kier molecular flexibility index (Phi) is 8.60. The number of anilines is 1. The third-order valence-corrected chi connectivity index (χ3v) is 8.25. The van der Waals surface area contributed by atoms with Crippen LogP contribution in [0.3, 0.4) is 0 Å². The van der Waals surface area contributed by atoms with Crippen LogP contribution in [-0.4, -0.2) is 46.4 Å². The molecule has 0 spiro atoms. The van der Waals surface area contributed by atoms with Crippen molar-refractivity contribution in [3.63, 3.8) is 0 Å². The number of amides is 1. The molecule has 0 radical (unpaired) electrons. The molecular formula is C25H24ClFN2O5S2. The van der Waals surface area contributed by atoms with Crippen LogP contribution in [0.1, 0.15) is 5.56 Å². The molecule has 0 saturated heterocycles. The number of sulfonamides is 1. The van der Waals surface area contributed by atoms with Crippen LogP contribution in [0.25, 0.3) is 0 Å². The molecule has 1 aliphatic heterocycles. The van der Waals surface area contributed by atoms with Gasteiger partial charge in [-0.3, -0.25) is 9.10 Å². The van der Waals surface area contributed by atoms with E-state index >= 15 is 0 Å². The lowest BCUT2D eigenvalue weighted by Gasteiger charge is -2.25. The molecule has 1 aliphatic rings. The molecule has 1 amide bonds. The highest BCUT2D eigenvalue weighted by molar-refractivity contribution is 7.98. The largest absolute Gasteiger partial charge is 0.486 e. The number of carbonyl (C=O) groups excluding carboxylic acids is 1. The van der Waals surface area contributed by atoms with E-state index in [1.54, 1.807) is 17.8 Å². The predicted octanol–water partition coefficient (Wildman–Crippen LogP) is 4.50. The van der Waals surface area contributed by atoms with Gasteiger partial charge >= 0.3 is 0 Å². The van der Waals surface area contributed by atoms with Gasteiger partial charge < -0.3 is 14.8 Å². The third kappa shape index (κ3) is 6.63. The highest BCUT2D eigenvalue weighted by atomic mass is 35.5. The van der Waals surface area contributed by atoms with Gasteiger partial charge in [0.05, 0.1) is 10.6 Å². The van der Waals surface area contributed by atoms with E-state index in [9.17, 15) is 17.6 Å². The summed E-state index contributed by atoms with van der Waals surface area (Å²) >= 11 is 7.60. The average molecular weight is 551 g/mol. The molecule has 4 rings (SSSR count). The van der Waals surface area contributed by atoms with Crippen LogP contribution in [0.2, 0.25) is 5.02 Å². The first-order chi connectivity index (χ1) is 17.3. The van der Waals surface area contributed by atoms with E-state index < -0.39 is 28.3 Å². The van der Waals surface area contributed by atoms with Gasteiger partial charge in [0.1, 0.15) is 25.6 Å². The molecule has 0 saturated carbocycles. The Morgan fingerprint density at radius 1 is 1.03 bits per heavy atom. The zero-order chi connectivity index (χ0) is 25.5. The lowest BCUT2D eigenvalue weighted by molar-refractivity contribution is -0.119. The minimum absolute atomic E-state index is 0.0374. The normalized spacial score (nSPS) is 12.7. The summed E-state index contributed by atoms with van der Waals surface area (Å²) in [6.07, 6.45) is 0. The van der Waals surface area contributed by atoms with Crippen molar-refractivity contribution >= 4 is 45.0 Å². The Morgan fingerprint density at radius 2 is 1.81 bits per heavy atom. The zero-order valence-corrected chi connectivity index (χ0v) is 21.5. The standard InChI is InChI=1S/C25H24ClFN2O5S2/c26-19-4-1-3-18(13-19)17-35-12-9-28-25(30)16-29(21-6-2-5-20(27)14-21)36(31,32)22-7-8-23-24(15-22)34-11-10-33-23/h1-8,13-15H,9-12,16-17H2,(H,28,30). The smallest absolute Gasteiger partial charge is 0.264 e. The molecule has 0 atom stereocenters. The lowest BCUT2D eigenvalue weighted by Crippen LogP contribution is -2.41. The van der Waals surface area contributed by atoms with Gasteiger partial charge in [-0.1, -0.05) is 29.8 Å².